The van der Waals surface area contributed by atoms with Gasteiger partial charge in [-0.25, -0.2) is 0 Å². The maximum Gasteiger partial charge on any atom is 0.311 e. The minimum atomic E-state index is -3.11. The molecular formula is C25H38O5. The summed E-state index contributed by atoms with van der Waals surface area (Å²) in [4.78, 5) is 25.4. The van der Waals surface area contributed by atoms with Gasteiger partial charge in [-0.2, -0.15) is 0 Å². The van der Waals surface area contributed by atoms with Crippen molar-refractivity contribution < 1.29 is 37.9 Å². The van der Waals surface area contributed by atoms with Crippen molar-refractivity contribution in [3.8, 4) is 0 Å². The molecule has 5 nitrogen and oxygen atoms in total. The Hall–Kier alpha value is -1.62. The molecule has 0 amide bonds. The molecule has 1 heterocycles. The van der Waals surface area contributed by atoms with Crippen LogP contribution in [0.3, 0.4) is 0 Å². The molecule has 0 aromatic rings. The third kappa shape index (κ3) is 5.16. The van der Waals surface area contributed by atoms with Gasteiger partial charge in [-0.05, 0) is 62.8 Å². The standard InChI is InChI=1S/C25H38O5/c1-6-25(4,5)24(28)30-21-12-15(2)11-17-8-7-16(3)20(23(17)21)10-9-19-13-18(26)14-22(27)29-19/h7-8,11,15-16,18-21,23,26H,6,9-10,12-14H2,1-5H3/t15-,16-,18+,19?,20-,21-,23-/m0/s1/i1D3,2D3,6D2,14D2. The second-order valence-corrected chi connectivity index (χ2v) is 9.11. The number of carbonyl (C=O) groups excluding carboxylic acids is 2. The zero-order valence-electron chi connectivity index (χ0n) is 27.7. The summed E-state index contributed by atoms with van der Waals surface area (Å²) in [6.45, 7) is -1.26. The number of ether oxygens (including phenoxy) is 2. The molecule has 0 aromatic heterocycles. The van der Waals surface area contributed by atoms with Gasteiger partial charge in [0, 0.05) is 26.0 Å². The van der Waals surface area contributed by atoms with Crippen LogP contribution in [0.15, 0.2) is 23.8 Å². The molecule has 168 valence electrons. The summed E-state index contributed by atoms with van der Waals surface area (Å²) >= 11 is 0. The van der Waals surface area contributed by atoms with E-state index in [4.69, 9.17) is 23.2 Å². The van der Waals surface area contributed by atoms with Gasteiger partial charge < -0.3 is 14.6 Å². The van der Waals surface area contributed by atoms with E-state index < -0.39 is 74.0 Å². The summed E-state index contributed by atoms with van der Waals surface area (Å²) in [5.41, 5.74) is -1.44. The van der Waals surface area contributed by atoms with Crippen LogP contribution in [0.5, 0.6) is 0 Å². The lowest BCUT2D eigenvalue weighted by molar-refractivity contribution is -0.166. The molecule has 0 aromatic carbocycles. The van der Waals surface area contributed by atoms with E-state index in [0.717, 1.165) is 13.8 Å². The SMILES string of the molecule is [2H]C([2H])([2H])[C@H]1C=C2C=C[C@H](C)[C@H](CCC3C[C@@H](O)C([2H])([2H])C(=O)O3)[C@H]2[C@@H](OC(=O)C(C)(C)C([2H])([2H])C([2H])([2H])[2H])C1. The third-order valence-electron chi connectivity index (χ3n) is 6.34. The van der Waals surface area contributed by atoms with Crippen molar-refractivity contribution in [2.45, 2.75) is 91.2 Å². The van der Waals surface area contributed by atoms with Gasteiger partial charge in [0.25, 0.3) is 0 Å². The second-order valence-electron chi connectivity index (χ2n) is 9.11. The van der Waals surface area contributed by atoms with Crippen LogP contribution in [-0.4, -0.2) is 35.4 Å². The van der Waals surface area contributed by atoms with E-state index in [9.17, 15) is 14.7 Å². The predicted octanol–water partition coefficient (Wildman–Crippen LogP) is 4.59. The molecule has 7 atom stereocenters. The first-order chi connectivity index (χ1) is 18.0. The molecule has 5 heteroatoms. The quantitative estimate of drug-likeness (QED) is 0.627. The maximum absolute atomic E-state index is 13.4. The first-order valence-corrected chi connectivity index (χ1v) is 10.5. The van der Waals surface area contributed by atoms with Gasteiger partial charge in [0.1, 0.15) is 12.2 Å². The Labute approximate surface area is 194 Å². The maximum atomic E-state index is 13.4. The van der Waals surface area contributed by atoms with E-state index in [-0.39, 0.29) is 31.1 Å². The summed E-state index contributed by atoms with van der Waals surface area (Å²) in [6, 6.07) is 0. The third-order valence-corrected chi connectivity index (χ3v) is 6.34. The first-order valence-electron chi connectivity index (χ1n) is 15.5. The highest BCUT2D eigenvalue weighted by atomic mass is 16.6. The first kappa shape index (κ1) is 13.0. The number of rotatable bonds is 6. The monoisotopic (exact) mass is 428 g/mol. The minimum absolute atomic E-state index is 0.0718. The molecule has 0 bridgehead atoms. The van der Waals surface area contributed by atoms with E-state index in [1.165, 1.54) is 0 Å². The van der Waals surface area contributed by atoms with Crippen LogP contribution in [0, 0.1) is 29.1 Å². The zero-order chi connectivity index (χ0) is 30.6. The normalized spacial score (nSPS) is 44.5. The lowest BCUT2D eigenvalue weighted by Gasteiger charge is -2.44. The van der Waals surface area contributed by atoms with Crippen molar-refractivity contribution in [1.29, 1.82) is 0 Å². The summed E-state index contributed by atoms with van der Waals surface area (Å²) in [6.07, 6.45) is -2.79. The number of carbonyl (C=O) groups is 2. The van der Waals surface area contributed by atoms with Crippen molar-refractivity contribution >= 4 is 11.9 Å². The number of hydrogen-bond acceptors (Lipinski definition) is 5. The molecule has 3 rings (SSSR count). The zero-order valence-corrected chi connectivity index (χ0v) is 17.7. The van der Waals surface area contributed by atoms with Crippen molar-refractivity contribution in [2.75, 3.05) is 0 Å². The molecule has 1 saturated heterocycles. The molecular weight excluding hydrogens is 380 g/mol. The van der Waals surface area contributed by atoms with E-state index in [0.29, 0.717) is 12.0 Å². The second kappa shape index (κ2) is 9.25. The van der Waals surface area contributed by atoms with E-state index in [2.05, 4.69) is 0 Å². The Balaban J connectivity index is 1.90. The van der Waals surface area contributed by atoms with E-state index >= 15 is 0 Å². The highest BCUT2D eigenvalue weighted by molar-refractivity contribution is 5.76. The van der Waals surface area contributed by atoms with Gasteiger partial charge in [-0.1, -0.05) is 38.9 Å². The number of allylic oxidation sites excluding steroid dienone is 3. The molecule has 3 aliphatic rings. The Morgan fingerprint density at radius 1 is 1.43 bits per heavy atom. The Kier molecular flexibility index (Phi) is 4.02. The van der Waals surface area contributed by atoms with Gasteiger partial charge in [0.2, 0.25) is 0 Å². The lowest BCUT2D eigenvalue weighted by Crippen LogP contribution is -2.43. The molecule has 30 heavy (non-hydrogen) atoms. The Morgan fingerprint density at radius 3 is 2.93 bits per heavy atom. The average Bonchev–Trinajstić information content (AvgIpc) is 2.80. The topological polar surface area (TPSA) is 72.8 Å². The van der Waals surface area contributed by atoms with Crippen LogP contribution < -0.4 is 0 Å². The minimum Gasteiger partial charge on any atom is -0.462 e. The molecule has 1 N–H and O–H groups in total. The van der Waals surface area contributed by atoms with Crippen molar-refractivity contribution in [2.24, 2.45) is 29.1 Å². The molecule has 0 radical (unpaired) electrons. The largest absolute Gasteiger partial charge is 0.462 e. The summed E-state index contributed by atoms with van der Waals surface area (Å²) < 4.78 is 89.5. The van der Waals surface area contributed by atoms with Gasteiger partial charge in [-0.3, -0.25) is 9.59 Å². The fourth-order valence-electron chi connectivity index (χ4n) is 4.58. The van der Waals surface area contributed by atoms with Crippen LogP contribution in [0.4, 0.5) is 0 Å². The molecule has 0 saturated carbocycles. The summed E-state index contributed by atoms with van der Waals surface area (Å²) in [5, 5.41) is 10.1. The van der Waals surface area contributed by atoms with Crippen LogP contribution >= 0.6 is 0 Å². The molecule has 2 aliphatic carbocycles. The Bertz CT molecular complexity index is 1050. The van der Waals surface area contributed by atoms with Gasteiger partial charge in [0.15, 0.2) is 0 Å². The smallest absolute Gasteiger partial charge is 0.311 e. The number of aliphatic hydroxyl groups excluding tert-OH is 1. The van der Waals surface area contributed by atoms with Gasteiger partial charge >= 0.3 is 11.9 Å². The molecule has 0 spiro atoms. The predicted molar refractivity (Wildman–Crippen MR) is 115 cm³/mol. The number of hydrogen-bond donors (Lipinski definition) is 1. The van der Waals surface area contributed by atoms with Crippen LogP contribution in [0.2, 0.25) is 0 Å². The van der Waals surface area contributed by atoms with Crippen molar-refractivity contribution in [3.63, 3.8) is 0 Å². The highest BCUT2D eigenvalue weighted by Crippen LogP contribution is 2.45. The summed E-state index contributed by atoms with van der Waals surface area (Å²) in [5.74, 6) is -3.98. The van der Waals surface area contributed by atoms with Crippen LogP contribution in [0.1, 0.15) is 86.6 Å². The van der Waals surface area contributed by atoms with Crippen molar-refractivity contribution in [3.05, 3.63) is 23.8 Å². The van der Waals surface area contributed by atoms with Crippen molar-refractivity contribution in [1.82, 2.24) is 0 Å². The van der Waals surface area contributed by atoms with Gasteiger partial charge in [0.05, 0.1) is 17.9 Å². The molecule has 1 fully saturated rings. The summed E-state index contributed by atoms with van der Waals surface area (Å²) in [7, 11) is 0. The fraction of sp³-hybridized carbons (Fsp3) is 0.760. The van der Waals surface area contributed by atoms with E-state index in [1.54, 1.807) is 12.2 Å². The fourth-order valence-corrected chi connectivity index (χ4v) is 4.58. The number of cyclic esters (lactones) is 1. The Morgan fingerprint density at radius 2 is 2.23 bits per heavy atom. The van der Waals surface area contributed by atoms with Gasteiger partial charge in [-0.15, -0.1) is 0 Å². The molecule has 1 unspecified atom stereocenters. The number of aliphatic hydroxyl groups is 1. The highest BCUT2D eigenvalue weighted by Gasteiger charge is 2.43. The average molecular weight is 429 g/mol. The molecule has 1 aliphatic heterocycles. The van der Waals surface area contributed by atoms with E-state index in [1.807, 2.05) is 13.0 Å². The van der Waals surface area contributed by atoms with Crippen LogP contribution in [-0.2, 0) is 19.1 Å². The number of fused-ring (bicyclic) bond motifs is 1. The van der Waals surface area contributed by atoms with Crippen LogP contribution in [0.25, 0.3) is 0 Å². The lowest BCUT2D eigenvalue weighted by atomic mass is 9.65. The number of esters is 2.